The smallest absolute Gasteiger partial charge is 0.508 e. The number of amides is 1. The van der Waals surface area contributed by atoms with Crippen molar-refractivity contribution < 1.29 is 36.9 Å². The molecule has 430 valence electrons. The maximum atomic E-state index is 16.4. The third-order valence-electron chi connectivity index (χ3n) is 19.4. The van der Waals surface area contributed by atoms with E-state index in [4.69, 9.17) is 0 Å². The lowest BCUT2D eigenvalue weighted by Gasteiger charge is -2.52. The Morgan fingerprint density at radius 3 is 1.35 bits per heavy atom. The number of carbonyl (C=O) groups is 1. The fourth-order valence-electron chi connectivity index (χ4n) is 16.3. The van der Waals surface area contributed by atoms with Gasteiger partial charge in [0.15, 0.2) is 0 Å². The second-order valence-corrected chi connectivity index (χ2v) is 25.0. The maximum absolute atomic E-state index is 16.4. The molecule has 1 amide bonds. The lowest BCUT2D eigenvalue weighted by Crippen LogP contribution is -2.52. The number of phenolic OH excluding ortho intramolecular Hbond substituents is 6. The van der Waals surface area contributed by atoms with Crippen LogP contribution in [0.5, 0.6) is 34.5 Å². The van der Waals surface area contributed by atoms with E-state index in [-0.39, 0.29) is 49.0 Å². The predicted octanol–water partition coefficient (Wildman–Crippen LogP) is 7.77. The van der Waals surface area contributed by atoms with Crippen LogP contribution in [0, 0.1) is 0 Å². The van der Waals surface area contributed by atoms with Crippen molar-refractivity contribution in [3.8, 4) is 34.5 Å². The summed E-state index contributed by atoms with van der Waals surface area (Å²) < 4.78 is 0. The number of para-hydroxylation sites is 1. The number of benzene rings is 7. The van der Waals surface area contributed by atoms with Crippen molar-refractivity contribution in [3.05, 3.63) is 134 Å². The van der Waals surface area contributed by atoms with Crippen molar-refractivity contribution >= 4 is 79.8 Å². The first-order valence-electron chi connectivity index (χ1n) is 28.7. The Bertz CT molecular complexity index is 4140. The molecule has 7 aromatic carbocycles. The Morgan fingerprint density at radius 2 is 0.810 bits per heavy atom. The number of hydrogen-bond donors (Lipinski definition) is 7. The van der Waals surface area contributed by atoms with Crippen molar-refractivity contribution in [2.75, 3.05) is 147 Å². The van der Waals surface area contributed by atoms with Crippen LogP contribution >= 0.6 is 0 Å². The molecule has 0 radical (unpaired) electrons. The third kappa shape index (κ3) is 6.39. The first kappa shape index (κ1) is 50.2. The summed E-state index contributed by atoms with van der Waals surface area (Å²) in [6.07, 6.45) is 0. The average Bonchev–Trinajstić information content (AvgIpc) is 1.69. The number of fused-ring (bicyclic) bond motifs is 27. The van der Waals surface area contributed by atoms with Crippen LogP contribution < -0.4 is 64.1 Å². The third-order valence-corrected chi connectivity index (χ3v) is 19.4. The standard InChI is InChI=1S/C64H67N13O7/c1-66(2)44-13-16-48(78)55-34(44)22-71-29-70(55)21-33-19-51(81)38-26-77-32-75(58(38)53(33)71)25-37-47(69(7)8)20-42(61(82)59(37)77)64(41-11-9-10-12-43(41)65-63(64)84)52-39-27-73-30-72(23-35-45(67(3)4)14-17-49(79)56(35)73)54(39)40-28-74-31-76(60(40)62(52)83)24-36-46(68(5)6)15-18-50(80)57(36)74/h9-20,78-83H,21-32H2,1-8H3,(H,65,84)/p+1. The Labute approximate surface area is 488 Å². The van der Waals surface area contributed by atoms with Gasteiger partial charge < -0.3 is 94.8 Å². The molecule has 0 spiro atoms. The Morgan fingerprint density at radius 1 is 0.393 bits per heavy atom. The summed E-state index contributed by atoms with van der Waals surface area (Å²) in [5, 5.41) is 78.3. The largest absolute Gasteiger partial charge is 1.00 e. The molecule has 20 heteroatoms. The predicted molar refractivity (Wildman–Crippen MR) is 331 cm³/mol. The van der Waals surface area contributed by atoms with Crippen molar-refractivity contribution in [3.63, 3.8) is 0 Å². The number of nitrogens with zero attached hydrogens (tertiary/aromatic N) is 12. The molecule has 0 fully saturated rings. The molecule has 16 rings (SSSR count). The summed E-state index contributed by atoms with van der Waals surface area (Å²) in [6.45, 7) is 4.60. The number of phenols is 6. The summed E-state index contributed by atoms with van der Waals surface area (Å²) >= 11 is 0. The molecule has 7 aromatic rings. The molecule has 7 N–H and O–H groups in total. The van der Waals surface area contributed by atoms with Gasteiger partial charge in [-0.1, -0.05) is 18.2 Å². The highest BCUT2D eigenvalue weighted by Crippen LogP contribution is 2.65. The summed E-state index contributed by atoms with van der Waals surface area (Å²) in [5.41, 5.74) is 16.7. The van der Waals surface area contributed by atoms with E-state index in [2.05, 4.69) is 54.3 Å². The van der Waals surface area contributed by atoms with E-state index in [9.17, 15) is 30.6 Å². The minimum absolute atomic E-state index is 0. The van der Waals surface area contributed by atoms with Crippen LogP contribution in [0.25, 0.3) is 0 Å². The van der Waals surface area contributed by atoms with Crippen LogP contribution in [-0.4, -0.2) is 120 Å². The minimum atomic E-state index is -1.88. The van der Waals surface area contributed by atoms with Gasteiger partial charge in [0.2, 0.25) is 5.91 Å². The second-order valence-electron chi connectivity index (χ2n) is 25.0. The molecule has 9 aliphatic heterocycles. The van der Waals surface area contributed by atoms with Gasteiger partial charge in [-0.15, -0.1) is 0 Å². The number of rotatable bonds is 6. The average molecular weight is 1130 g/mol. The first-order chi connectivity index (χ1) is 40.3. The minimum Gasteiger partial charge on any atom is -0.508 e. The zero-order valence-electron chi connectivity index (χ0n) is 49.4. The van der Waals surface area contributed by atoms with Gasteiger partial charge >= 0.3 is 1.43 Å². The van der Waals surface area contributed by atoms with E-state index in [0.717, 1.165) is 90.1 Å². The van der Waals surface area contributed by atoms with Crippen LogP contribution in [0.3, 0.4) is 0 Å². The van der Waals surface area contributed by atoms with Gasteiger partial charge in [-0.25, -0.2) is 0 Å². The Balaban J connectivity index is 0.00000613. The summed E-state index contributed by atoms with van der Waals surface area (Å²) in [5.74, 6) is 0.0537. The van der Waals surface area contributed by atoms with Gasteiger partial charge in [-0.2, -0.15) is 0 Å². The van der Waals surface area contributed by atoms with E-state index < -0.39 is 11.3 Å². The van der Waals surface area contributed by atoms with Gasteiger partial charge in [-0.05, 0) is 54.6 Å². The van der Waals surface area contributed by atoms with Crippen LogP contribution in [0.4, 0.5) is 73.9 Å². The molecule has 84 heavy (non-hydrogen) atoms. The molecular formula is C64H68N13O7+. The Kier molecular flexibility index (Phi) is 10.2. The number of carbonyl (C=O) groups excluding carboxylic acids is 1. The molecule has 0 saturated carbocycles. The van der Waals surface area contributed by atoms with Crippen LogP contribution in [0.15, 0.2) is 72.8 Å². The summed E-state index contributed by atoms with van der Waals surface area (Å²) in [7, 11) is 16.0. The monoisotopic (exact) mass is 1130 g/mol. The molecule has 9 heterocycles. The van der Waals surface area contributed by atoms with E-state index in [0.29, 0.717) is 111 Å². The SMILES string of the molecule is CN(C)c1ccc(O)c2c1CN1CN2Cc2c1c(O)c(C1(c3cc(N(C)C)c4c(c3O)N3Cc5c(O)cc6c(c5N(C4)C3)N3Cc4c(N(C)C)ccc(O)c4N(C6)C3)C(=O)Nc3ccccc31)c1c2N2Cc3c(N(C)C)ccc(O)c3N(C1)C2.[H+]. The highest BCUT2D eigenvalue weighted by molar-refractivity contribution is 6.14. The van der Waals surface area contributed by atoms with Crippen LogP contribution in [-0.2, 0) is 62.6 Å². The molecule has 1 atom stereocenters. The van der Waals surface area contributed by atoms with E-state index >= 15 is 4.79 Å². The molecule has 1 unspecified atom stereocenters. The van der Waals surface area contributed by atoms with Crippen LogP contribution in [0.2, 0.25) is 0 Å². The fraction of sp³-hybridized carbons (Fsp3) is 0.328. The molecule has 0 aliphatic carbocycles. The molecule has 20 nitrogen and oxygen atoms in total. The number of hydrogen-bond acceptors (Lipinski definition) is 19. The van der Waals surface area contributed by atoms with Gasteiger partial charge in [0.25, 0.3) is 0 Å². The van der Waals surface area contributed by atoms with Crippen LogP contribution in [0.1, 0.15) is 62.6 Å². The second kappa shape index (κ2) is 17.0. The van der Waals surface area contributed by atoms with Crippen molar-refractivity contribution in [1.82, 2.24) is 0 Å². The lowest BCUT2D eigenvalue weighted by atomic mass is 9.66. The number of aromatic hydroxyl groups is 6. The fourth-order valence-corrected chi connectivity index (χ4v) is 16.3. The molecule has 0 saturated heterocycles. The van der Waals surface area contributed by atoms with Crippen molar-refractivity contribution in [2.24, 2.45) is 0 Å². The van der Waals surface area contributed by atoms with Gasteiger partial charge in [0, 0.05) is 192 Å². The number of anilines is 13. The van der Waals surface area contributed by atoms with Crippen molar-refractivity contribution in [1.29, 1.82) is 0 Å². The molecule has 0 aromatic heterocycles. The lowest BCUT2D eigenvalue weighted by molar-refractivity contribution is -0.118. The molecule has 8 bridgehead atoms. The van der Waals surface area contributed by atoms with E-state index in [1.54, 1.807) is 18.2 Å². The van der Waals surface area contributed by atoms with Gasteiger partial charge in [0.1, 0.15) is 39.9 Å². The van der Waals surface area contributed by atoms with Gasteiger partial charge in [0.05, 0.1) is 78.7 Å². The summed E-state index contributed by atoms with van der Waals surface area (Å²) in [4.78, 5) is 42.3. The van der Waals surface area contributed by atoms with E-state index in [1.807, 2.05) is 121 Å². The maximum Gasteiger partial charge on any atom is 1.00 e. The molecular weight excluding hydrogens is 1060 g/mol. The zero-order chi connectivity index (χ0) is 58.0. The quantitative estimate of drug-likeness (QED) is 0.0855. The van der Waals surface area contributed by atoms with Gasteiger partial charge in [-0.3, -0.25) is 4.79 Å². The highest BCUT2D eigenvalue weighted by atomic mass is 16.3. The topological polar surface area (TPSA) is 189 Å². The highest BCUT2D eigenvalue weighted by Gasteiger charge is 2.58. The number of nitrogens with one attached hydrogen (secondary N) is 1. The molecule has 9 aliphatic rings. The zero-order valence-corrected chi connectivity index (χ0v) is 48.4. The van der Waals surface area contributed by atoms with E-state index in [1.165, 1.54) is 0 Å². The first-order valence-corrected chi connectivity index (χ1v) is 28.7. The normalized spacial score (nSPS) is 18.6. The Hall–Kier alpha value is -9.59. The summed E-state index contributed by atoms with van der Waals surface area (Å²) in [6, 6.07) is 22.5. The van der Waals surface area contributed by atoms with Crippen molar-refractivity contribution in [2.45, 2.75) is 57.8 Å².